The summed E-state index contributed by atoms with van der Waals surface area (Å²) in [7, 11) is 0. The van der Waals surface area contributed by atoms with Gasteiger partial charge >= 0.3 is 0 Å². The van der Waals surface area contributed by atoms with Crippen molar-refractivity contribution in [2.24, 2.45) is 0 Å². The van der Waals surface area contributed by atoms with Crippen molar-refractivity contribution in [3.63, 3.8) is 0 Å². The van der Waals surface area contributed by atoms with Gasteiger partial charge in [-0.15, -0.1) is 0 Å². The van der Waals surface area contributed by atoms with Gasteiger partial charge in [-0.05, 0) is 127 Å². The summed E-state index contributed by atoms with van der Waals surface area (Å²) in [5.41, 5.74) is 21.5. The Bertz CT molecular complexity index is 4020. The number of hydrogen-bond acceptors (Lipinski definition) is 0. The van der Waals surface area contributed by atoms with Crippen LogP contribution in [0.2, 0.25) is 0 Å². The molecule has 0 saturated heterocycles. The highest BCUT2D eigenvalue weighted by Crippen LogP contribution is 2.45. The molecule has 13 aromatic rings. The molecule has 0 unspecified atom stereocenters. The number of fused-ring (bicyclic) bond motifs is 6. The molecule has 0 bridgehead atoms. The maximum absolute atomic E-state index is 2.41. The van der Waals surface area contributed by atoms with Gasteiger partial charge in [0.1, 0.15) is 0 Å². The Balaban J connectivity index is 0.926. The predicted octanol–water partition coefficient (Wildman–Crippen LogP) is 17.9. The lowest BCUT2D eigenvalue weighted by Gasteiger charge is -2.19. The minimum absolute atomic E-state index is 1.15. The monoisotopic (exact) mass is 864 g/mol. The lowest BCUT2D eigenvalue weighted by Crippen LogP contribution is -1.94. The summed E-state index contributed by atoms with van der Waals surface area (Å²) in [4.78, 5) is 0. The molecule has 0 aliphatic rings. The van der Waals surface area contributed by atoms with Crippen molar-refractivity contribution in [3.05, 3.63) is 267 Å². The summed E-state index contributed by atoms with van der Waals surface area (Å²) in [6.45, 7) is 0. The van der Waals surface area contributed by atoms with E-state index < -0.39 is 0 Å². The van der Waals surface area contributed by atoms with Crippen molar-refractivity contribution in [1.82, 2.24) is 9.13 Å². The first kappa shape index (κ1) is 39.4. The Morgan fingerprint density at radius 3 is 1.00 bits per heavy atom. The number of para-hydroxylation sites is 3. The molecule has 0 aliphatic heterocycles. The van der Waals surface area contributed by atoms with Gasteiger partial charge in [0.2, 0.25) is 0 Å². The van der Waals surface area contributed by atoms with Gasteiger partial charge in [-0.3, -0.25) is 0 Å². The molecule has 0 radical (unpaired) electrons. The Morgan fingerprint density at radius 2 is 0.515 bits per heavy atom. The quantitative estimate of drug-likeness (QED) is 0.144. The van der Waals surface area contributed by atoms with E-state index in [0.717, 1.165) is 11.4 Å². The first-order chi connectivity index (χ1) is 33.8. The fraction of sp³-hybridized carbons (Fsp3) is 0. The molecule has 0 aliphatic carbocycles. The number of nitrogens with zero attached hydrogens (tertiary/aromatic N) is 2. The normalized spacial score (nSPS) is 11.5. The summed E-state index contributed by atoms with van der Waals surface area (Å²) < 4.78 is 4.80. The zero-order chi connectivity index (χ0) is 45.0. The van der Waals surface area contributed by atoms with Crippen LogP contribution in [0.25, 0.3) is 122 Å². The van der Waals surface area contributed by atoms with Gasteiger partial charge in [0.25, 0.3) is 0 Å². The summed E-state index contributed by atoms with van der Waals surface area (Å²) in [6, 6.07) is 97.4. The Labute approximate surface area is 395 Å². The van der Waals surface area contributed by atoms with Crippen LogP contribution >= 0.6 is 0 Å². The smallest absolute Gasteiger partial charge is 0.0541 e. The van der Waals surface area contributed by atoms with E-state index in [1.54, 1.807) is 0 Å². The third-order valence-electron chi connectivity index (χ3n) is 13.8. The molecule has 2 aromatic heterocycles. The van der Waals surface area contributed by atoms with Crippen molar-refractivity contribution < 1.29 is 0 Å². The van der Waals surface area contributed by atoms with Gasteiger partial charge in [-0.2, -0.15) is 0 Å². The number of benzene rings is 11. The molecule has 0 atom stereocenters. The van der Waals surface area contributed by atoms with Crippen molar-refractivity contribution in [2.75, 3.05) is 0 Å². The summed E-state index contributed by atoms with van der Waals surface area (Å²) in [6.07, 6.45) is 0. The van der Waals surface area contributed by atoms with Gasteiger partial charge in [0, 0.05) is 32.9 Å². The lowest BCUT2D eigenvalue weighted by molar-refractivity contribution is 1.18. The van der Waals surface area contributed by atoms with E-state index in [9.17, 15) is 0 Å². The zero-order valence-corrected chi connectivity index (χ0v) is 37.3. The van der Waals surface area contributed by atoms with E-state index in [4.69, 9.17) is 0 Å². The molecule has 68 heavy (non-hydrogen) atoms. The standard InChI is InChI=1S/C66H44N2/c1-3-20-45(21-4-1)46-22-19-25-50(42-46)68-64-37-18-16-35-60(64)62-44-48(39-41-66(62)68)52-27-8-10-29-54(52)56-31-12-14-33-58(56)57-32-13-11-30-55(57)53-28-9-7-26-51(53)47-38-40-65-61(43-47)59-34-15-17-36-63(59)67(65)49-23-5-2-6-24-49/h1-44H. The molecular weight excluding hydrogens is 821 g/mol. The average molecular weight is 865 g/mol. The first-order valence-corrected chi connectivity index (χ1v) is 23.4. The minimum Gasteiger partial charge on any atom is -0.309 e. The summed E-state index contributed by atoms with van der Waals surface area (Å²) >= 11 is 0. The number of aromatic nitrogens is 2. The Kier molecular flexibility index (Phi) is 9.54. The molecule has 2 nitrogen and oxygen atoms in total. The maximum atomic E-state index is 2.41. The molecule has 0 amide bonds. The zero-order valence-electron chi connectivity index (χ0n) is 37.3. The first-order valence-electron chi connectivity index (χ1n) is 23.4. The van der Waals surface area contributed by atoms with Crippen molar-refractivity contribution in [2.45, 2.75) is 0 Å². The van der Waals surface area contributed by atoms with Gasteiger partial charge in [0.05, 0.1) is 22.1 Å². The van der Waals surface area contributed by atoms with Crippen LogP contribution in [0.3, 0.4) is 0 Å². The molecule has 0 saturated carbocycles. The molecule has 13 rings (SSSR count). The molecule has 2 heteroatoms. The maximum Gasteiger partial charge on any atom is 0.0541 e. The number of hydrogen-bond donors (Lipinski definition) is 0. The van der Waals surface area contributed by atoms with Crippen LogP contribution in [0.15, 0.2) is 267 Å². The molecule has 0 spiro atoms. The van der Waals surface area contributed by atoms with E-state index in [0.29, 0.717) is 0 Å². The van der Waals surface area contributed by atoms with E-state index in [-0.39, 0.29) is 0 Å². The van der Waals surface area contributed by atoms with Crippen LogP contribution < -0.4 is 0 Å². The van der Waals surface area contributed by atoms with Gasteiger partial charge in [0.15, 0.2) is 0 Å². The SMILES string of the molecule is c1ccc(-c2cccc(-n3c4ccccc4c4cc(-c5ccccc5-c5ccccc5-c5ccccc5-c5ccccc5-c5ccc6c(c5)c5ccccc5n6-c5ccccc5)ccc43)c2)cc1. The molecule has 11 aromatic carbocycles. The second-order valence-electron chi connectivity index (χ2n) is 17.6. The Hall–Kier alpha value is -8.98. The van der Waals surface area contributed by atoms with Crippen LogP contribution in [-0.2, 0) is 0 Å². The van der Waals surface area contributed by atoms with Gasteiger partial charge < -0.3 is 9.13 Å². The van der Waals surface area contributed by atoms with E-state index >= 15 is 0 Å². The molecule has 318 valence electrons. The van der Waals surface area contributed by atoms with Crippen molar-refractivity contribution in [3.8, 4) is 78.1 Å². The fourth-order valence-corrected chi connectivity index (χ4v) is 10.7. The van der Waals surface area contributed by atoms with Crippen molar-refractivity contribution in [1.29, 1.82) is 0 Å². The topological polar surface area (TPSA) is 9.86 Å². The van der Waals surface area contributed by atoms with Crippen molar-refractivity contribution >= 4 is 43.6 Å². The third-order valence-corrected chi connectivity index (χ3v) is 13.8. The van der Waals surface area contributed by atoms with E-state index in [1.165, 1.54) is 110 Å². The highest BCUT2D eigenvalue weighted by atomic mass is 15.0. The van der Waals surface area contributed by atoms with Crippen LogP contribution in [0, 0.1) is 0 Å². The third kappa shape index (κ3) is 6.57. The molecule has 0 N–H and O–H groups in total. The predicted molar refractivity (Wildman–Crippen MR) is 288 cm³/mol. The summed E-state index contributed by atoms with van der Waals surface area (Å²) in [5.74, 6) is 0. The number of rotatable bonds is 8. The second-order valence-corrected chi connectivity index (χ2v) is 17.6. The van der Waals surface area contributed by atoms with E-state index in [2.05, 4.69) is 276 Å². The second kappa shape index (κ2) is 16.5. The van der Waals surface area contributed by atoms with Crippen LogP contribution in [0.1, 0.15) is 0 Å². The van der Waals surface area contributed by atoms with E-state index in [1.807, 2.05) is 0 Å². The van der Waals surface area contributed by atoms with Gasteiger partial charge in [-0.1, -0.05) is 206 Å². The van der Waals surface area contributed by atoms with Crippen LogP contribution in [0.5, 0.6) is 0 Å². The average Bonchev–Trinajstić information content (AvgIpc) is 3.94. The lowest BCUT2D eigenvalue weighted by atomic mass is 9.85. The molecule has 2 heterocycles. The molecule has 0 fully saturated rings. The fourth-order valence-electron chi connectivity index (χ4n) is 10.7. The van der Waals surface area contributed by atoms with Gasteiger partial charge in [-0.25, -0.2) is 0 Å². The minimum atomic E-state index is 1.15. The highest BCUT2D eigenvalue weighted by molar-refractivity contribution is 6.12. The van der Waals surface area contributed by atoms with Crippen LogP contribution in [0.4, 0.5) is 0 Å². The largest absolute Gasteiger partial charge is 0.309 e. The van der Waals surface area contributed by atoms with Crippen LogP contribution in [-0.4, -0.2) is 9.13 Å². The Morgan fingerprint density at radius 1 is 0.176 bits per heavy atom. The summed E-state index contributed by atoms with van der Waals surface area (Å²) in [5, 5.41) is 4.96. The highest BCUT2D eigenvalue weighted by Gasteiger charge is 2.20. The molecular formula is C66H44N2.